The summed E-state index contributed by atoms with van der Waals surface area (Å²) in [5, 5.41) is 1.75. The largest absolute Gasteiger partial charge is 0.466 e. The molecule has 29 heavy (non-hydrogen) atoms. The van der Waals surface area contributed by atoms with Gasteiger partial charge in [-0.3, -0.25) is 9.78 Å². The Morgan fingerprint density at radius 2 is 2.14 bits per heavy atom. The summed E-state index contributed by atoms with van der Waals surface area (Å²) in [5.41, 5.74) is 7.90. The van der Waals surface area contributed by atoms with E-state index in [9.17, 15) is 4.79 Å². The minimum atomic E-state index is -0.156. The van der Waals surface area contributed by atoms with Gasteiger partial charge in [-0.25, -0.2) is 9.97 Å². The van der Waals surface area contributed by atoms with Crippen molar-refractivity contribution in [3.63, 3.8) is 0 Å². The van der Waals surface area contributed by atoms with Crippen molar-refractivity contribution in [3.8, 4) is 0 Å². The minimum absolute atomic E-state index is 0.152. The molecule has 1 saturated heterocycles. The lowest BCUT2D eigenvalue weighted by molar-refractivity contribution is -0.148. The van der Waals surface area contributed by atoms with E-state index in [1.54, 1.807) is 6.20 Å². The van der Waals surface area contributed by atoms with Crippen molar-refractivity contribution in [2.45, 2.75) is 29.7 Å². The van der Waals surface area contributed by atoms with Crippen molar-refractivity contribution >= 4 is 40.1 Å². The predicted octanol–water partition coefficient (Wildman–Crippen LogP) is 3.54. The van der Waals surface area contributed by atoms with Crippen molar-refractivity contribution < 1.29 is 9.53 Å². The highest BCUT2D eigenvalue weighted by Crippen LogP contribution is 2.37. The summed E-state index contributed by atoms with van der Waals surface area (Å²) in [6, 6.07) is 10.00. The number of hydrogen-bond acceptors (Lipinski definition) is 8. The third-order valence-electron chi connectivity index (χ3n) is 4.97. The molecule has 2 aromatic heterocycles. The van der Waals surface area contributed by atoms with Crippen LogP contribution in [0.2, 0.25) is 0 Å². The van der Waals surface area contributed by atoms with E-state index in [1.165, 1.54) is 18.1 Å². The number of benzene rings is 1. The molecule has 1 fully saturated rings. The molecule has 1 aromatic carbocycles. The average Bonchev–Trinajstić information content (AvgIpc) is 2.76. The van der Waals surface area contributed by atoms with E-state index in [1.807, 2.05) is 37.3 Å². The number of carbonyl (C=O) groups is 1. The molecule has 2 N–H and O–H groups in total. The van der Waals surface area contributed by atoms with Crippen molar-refractivity contribution in [2.24, 2.45) is 5.92 Å². The van der Waals surface area contributed by atoms with Gasteiger partial charge in [-0.15, -0.1) is 0 Å². The minimum Gasteiger partial charge on any atom is -0.466 e. The van der Waals surface area contributed by atoms with E-state index in [0.717, 1.165) is 35.2 Å². The molecule has 0 amide bonds. The number of nitrogen functional groups attached to an aromatic ring is 1. The summed E-state index contributed by atoms with van der Waals surface area (Å²) in [4.78, 5) is 28.5. The lowest BCUT2D eigenvalue weighted by atomic mass is 9.98. The third-order valence-corrected chi connectivity index (χ3v) is 6.04. The Morgan fingerprint density at radius 1 is 1.28 bits per heavy atom. The Morgan fingerprint density at radius 3 is 3.00 bits per heavy atom. The maximum atomic E-state index is 12.2. The molecule has 3 heterocycles. The molecule has 0 bridgehead atoms. The molecular weight excluding hydrogens is 386 g/mol. The van der Waals surface area contributed by atoms with Gasteiger partial charge in [0.2, 0.25) is 0 Å². The van der Waals surface area contributed by atoms with Crippen molar-refractivity contribution in [3.05, 3.63) is 42.9 Å². The Hall–Kier alpha value is -2.87. The van der Waals surface area contributed by atoms with Gasteiger partial charge in [0.15, 0.2) is 5.82 Å². The molecule has 7 nitrogen and oxygen atoms in total. The lowest BCUT2D eigenvalue weighted by Crippen LogP contribution is -2.40. The summed E-state index contributed by atoms with van der Waals surface area (Å²) in [7, 11) is 0. The van der Waals surface area contributed by atoms with Gasteiger partial charge in [0.25, 0.3) is 0 Å². The number of nitrogens with two attached hydrogens (primary N) is 1. The topological polar surface area (TPSA) is 94.2 Å². The molecule has 1 aliphatic rings. The van der Waals surface area contributed by atoms with Crippen LogP contribution < -0.4 is 10.6 Å². The fraction of sp³-hybridized carbons (Fsp3) is 0.333. The molecule has 0 saturated carbocycles. The lowest BCUT2D eigenvalue weighted by Gasteiger charge is -2.33. The van der Waals surface area contributed by atoms with Crippen LogP contribution in [0.5, 0.6) is 0 Å². The number of esters is 1. The van der Waals surface area contributed by atoms with Crippen molar-refractivity contribution in [1.29, 1.82) is 0 Å². The molecule has 1 atom stereocenters. The van der Waals surface area contributed by atoms with Gasteiger partial charge in [-0.05, 0) is 31.9 Å². The summed E-state index contributed by atoms with van der Waals surface area (Å²) in [5.74, 6) is 0.363. The van der Waals surface area contributed by atoms with Gasteiger partial charge in [-0.1, -0.05) is 30.0 Å². The van der Waals surface area contributed by atoms with Crippen LogP contribution in [-0.2, 0) is 9.53 Å². The molecule has 0 spiro atoms. The average molecular weight is 410 g/mol. The highest BCUT2D eigenvalue weighted by Gasteiger charge is 2.29. The van der Waals surface area contributed by atoms with Crippen LogP contribution in [-0.4, -0.2) is 40.6 Å². The summed E-state index contributed by atoms with van der Waals surface area (Å²) in [6.07, 6.45) is 5.03. The van der Waals surface area contributed by atoms with E-state index in [2.05, 4.69) is 19.9 Å². The Bertz CT molecular complexity index is 1020. The SMILES string of the molecule is CCOC(=O)C1CCCN(c2ncnc(Sc3cccc4cccnc34)c2N)C1. The van der Waals surface area contributed by atoms with Gasteiger partial charge < -0.3 is 15.4 Å². The second kappa shape index (κ2) is 8.65. The summed E-state index contributed by atoms with van der Waals surface area (Å²) < 4.78 is 5.20. The quantitative estimate of drug-likeness (QED) is 0.505. The highest BCUT2D eigenvalue weighted by atomic mass is 32.2. The van der Waals surface area contributed by atoms with Crippen molar-refractivity contribution in [2.75, 3.05) is 30.3 Å². The first-order chi connectivity index (χ1) is 14.2. The number of carbonyl (C=O) groups excluding carboxylic acids is 1. The molecule has 0 radical (unpaired) electrons. The number of para-hydroxylation sites is 1. The zero-order valence-electron chi connectivity index (χ0n) is 16.2. The van der Waals surface area contributed by atoms with E-state index in [0.29, 0.717) is 29.7 Å². The third kappa shape index (κ3) is 4.12. The number of fused-ring (bicyclic) bond motifs is 1. The number of hydrogen-bond donors (Lipinski definition) is 1. The van der Waals surface area contributed by atoms with E-state index in [-0.39, 0.29) is 11.9 Å². The van der Waals surface area contributed by atoms with E-state index in [4.69, 9.17) is 10.5 Å². The molecule has 150 valence electrons. The smallest absolute Gasteiger partial charge is 0.310 e. The standard InChI is InChI=1S/C21H23N5O2S/c1-2-28-21(27)15-8-5-11-26(12-15)19-17(22)20(25-13-24-19)29-16-9-3-6-14-7-4-10-23-18(14)16/h3-4,6-7,9-10,13,15H,2,5,8,11-12,22H2,1H3. The maximum Gasteiger partial charge on any atom is 0.310 e. The van der Waals surface area contributed by atoms with Gasteiger partial charge in [0.05, 0.1) is 18.0 Å². The molecular formula is C21H23N5O2S. The second-order valence-corrected chi connectivity index (χ2v) is 7.92. The van der Waals surface area contributed by atoms with Crippen LogP contribution in [0.3, 0.4) is 0 Å². The number of nitrogens with zero attached hydrogens (tertiary/aromatic N) is 4. The summed E-state index contributed by atoms with van der Waals surface area (Å²) >= 11 is 1.48. The number of pyridine rings is 1. The number of piperidine rings is 1. The fourth-order valence-electron chi connectivity index (χ4n) is 3.59. The van der Waals surface area contributed by atoms with E-state index < -0.39 is 0 Å². The van der Waals surface area contributed by atoms with Crippen LogP contribution in [0.15, 0.2) is 52.8 Å². The normalized spacial score (nSPS) is 16.7. The first-order valence-electron chi connectivity index (χ1n) is 9.71. The number of rotatable bonds is 5. The fourth-order valence-corrected chi connectivity index (χ4v) is 4.51. The first kappa shape index (κ1) is 19.4. The monoisotopic (exact) mass is 409 g/mol. The first-order valence-corrected chi connectivity index (χ1v) is 10.5. The van der Waals surface area contributed by atoms with Crippen LogP contribution in [0.25, 0.3) is 10.9 Å². The molecule has 0 aliphatic carbocycles. The van der Waals surface area contributed by atoms with Crippen molar-refractivity contribution in [1.82, 2.24) is 15.0 Å². The van der Waals surface area contributed by atoms with Gasteiger partial charge in [0, 0.05) is 29.6 Å². The Kier molecular flexibility index (Phi) is 5.80. The Balaban J connectivity index is 1.60. The van der Waals surface area contributed by atoms with Crippen LogP contribution in [0.1, 0.15) is 19.8 Å². The van der Waals surface area contributed by atoms with Gasteiger partial charge >= 0.3 is 5.97 Å². The molecule has 1 aliphatic heterocycles. The zero-order valence-corrected chi connectivity index (χ0v) is 17.1. The Labute approximate surface area is 173 Å². The summed E-state index contributed by atoms with van der Waals surface area (Å²) in [6.45, 7) is 3.58. The van der Waals surface area contributed by atoms with Crippen LogP contribution in [0.4, 0.5) is 11.5 Å². The van der Waals surface area contributed by atoms with Crippen LogP contribution >= 0.6 is 11.8 Å². The zero-order chi connectivity index (χ0) is 20.2. The van der Waals surface area contributed by atoms with Crippen LogP contribution in [0, 0.1) is 5.92 Å². The second-order valence-electron chi connectivity index (χ2n) is 6.89. The maximum absolute atomic E-state index is 12.2. The molecule has 3 aromatic rings. The highest BCUT2D eigenvalue weighted by molar-refractivity contribution is 7.99. The van der Waals surface area contributed by atoms with Gasteiger partial charge in [0.1, 0.15) is 17.0 Å². The molecule has 1 unspecified atom stereocenters. The predicted molar refractivity (Wildman–Crippen MR) is 114 cm³/mol. The number of anilines is 2. The molecule has 8 heteroatoms. The molecule has 4 rings (SSSR count). The number of aromatic nitrogens is 3. The van der Waals surface area contributed by atoms with E-state index >= 15 is 0 Å². The number of ether oxygens (including phenoxy) is 1. The van der Waals surface area contributed by atoms with Gasteiger partial charge in [-0.2, -0.15) is 0 Å².